The molecule has 1 fully saturated rings. The van der Waals surface area contributed by atoms with E-state index in [0.717, 1.165) is 29.4 Å². The maximum atomic E-state index is 6.21. The van der Waals surface area contributed by atoms with Crippen LogP contribution < -0.4 is 11.1 Å². The zero-order chi connectivity index (χ0) is 19.1. The van der Waals surface area contributed by atoms with Gasteiger partial charge in [0, 0.05) is 23.4 Å². The number of halogens is 1. The Kier molecular flexibility index (Phi) is 7.10. The second-order valence-electron chi connectivity index (χ2n) is 6.75. The van der Waals surface area contributed by atoms with Gasteiger partial charge in [-0.25, -0.2) is 0 Å². The number of nitrogens with two attached hydrogens (primary N) is 1. The average molecular weight is 387 g/mol. The maximum Gasteiger partial charge on any atom is 0.193 e. The zero-order valence-electron chi connectivity index (χ0n) is 15.7. The molecule has 2 aromatic carbocycles. The van der Waals surface area contributed by atoms with Crippen LogP contribution in [0.15, 0.2) is 53.5 Å². The summed E-state index contributed by atoms with van der Waals surface area (Å²) in [5.41, 5.74) is 9.32. The number of likely N-dealkylation sites (tertiary alicyclic amines) is 1. The van der Waals surface area contributed by atoms with Gasteiger partial charge in [0.15, 0.2) is 5.96 Å². The van der Waals surface area contributed by atoms with Gasteiger partial charge in [0.05, 0.1) is 19.2 Å². The number of benzene rings is 2. The fourth-order valence-corrected chi connectivity index (χ4v) is 3.68. The Bertz CT molecular complexity index is 774. The van der Waals surface area contributed by atoms with Crippen LogP contribution in [0.1, 0.15) is 30.0 Å². The van der Waals surface area contributed by atoms with Crippen LogP contribution >= 0.6 is 11.6 Å². The molecule has 0 aliphatic carbocycles. The van der Waals surface area contributed by atoms with Crippen LogP contribution in [0.2, 0.25) is 5.02 Å². The standard InChI is InChI=1S/C21H27ClN4O/c1-27-15-17-7-2-3-10-19(17)25-21(23)24-14-20(26-11-4-5-12-26)16-8-6-9-18(22)13-16/h2-3,6-10,13,20H,4-5,11-12,14-15H2,1H3,(H3,23,24,25). The largest absolute Gasteiger partial charge is 0.380 e. The van der Waals surface area contributed by atoms with Gasteiger partial charge in [-0.1, -0.05) is 41.9 Å². The number of aliphatic imine (C=N–C) groups is 1. The fourth-order valence-electron chi connectivity index (χ4n) is 3.48. The quantitative estimate of drug-likeness (QED) is 0.556. The molecule has 1 aliphatic heterocycles. The normalized spacial score (nSPS) is 16.4. The Morgan fingerprint density at radius 3 is 2.74 bits per heavy atom. The van der Waals surface area contributed by atoms with E-state index in [1.54, 1.807) is 7.11 Å². The lowest BCUT2D eigenvalue weighted by Crippen LogP contribution is -2.30. The monoisotopic (exact) mass is 386 g/mol. The molecule has 1 unspecified atom stereocenters. The highest BCUT2D eigenvalue weighted by Gasteiger charge is 2.23. The lowest BCUT2D eigenvalue weighted by Gasteiger charge is -2.27. The third-order valence-electron chi connectivity index (χ3n) is 4.83. The third-order valence-corrected chi connectivity index (χ3v) is 5.06. The fraction of sp³-hybridized carbons (Fsp3) is 0.381. The molecule has 144 valence electrons. The number of nitrogens with one attached hydrogen (secondary N) is 1. The van der Waals surface area contributed by atoms with Crippen LogP contribution in [0.4, 0.5) is 5.69 Å². The van der Waals surface area contributed by atoms with Gasteiger partial charge in [-0.3, -0.25) is 9.89 Å². The van der Waals surface area contributed by atoms with Crippen molar-refractivity contribution in [2.75, 3.05) is 32.1 Å². The Labute approximate surface area is 166 Å². The lowest BCUT2D eigenvalue weighted by atomic mass is 10.1. The minimum Gasteiger partial charge on any atom is -0.380 e. The molecule has 0 spiro atoms. The van der Waals surface area contributed by atoms with Crippen molar-refractivity contribution in [1.29, 1.82) is 0 Å². The summed E-state index contributed by atoms with van der Waals surface area (Å²) in [5, 5.41) is 3.96. The van der Waals surface area contributed by atoms with E-state index in [4.69, 9.17) is 22.1 Å². The molecule has 1 atom stereocenters. The molecule has 2 aromatic rings. The van der Waals surface area contributed by atoms with Gasteiger partial charge in [-0.05, 0) is 49.7 Å². The summed E-state index contributed by atoms with van der Waals surface area (Å²) in [4.78, 5) is 7.09. The predicted octanol–water partition coefficient (Wildman–Crippen LogP) is 4.05. The van der Waals surface area contributed by atoms with Crippen molar-refractivity contribution in [3.05, 3.63) is 64.7 Å². The van der Waals surface area contributed by atoms with E-state index in [9.17, 15) is 0 Å². The molecular formula is C21H27ClN4O. The number of methoxy groups -OCH3 is 1. The van der Waals surface area contributed by atoms with Crippen molar-refractivity contribution in [2.24, 2.45) is 10.7 Å². The molecule has 5 nitrogen and oxygen atoms in total. The number of para-hydroxylation sites is 1. The Morgan fingerprint density at radius 2 is 2.00 bits per heavy atom. The van der Waals surface area contributed by atoms with Crippen molar-refractivity contribution >= 4 is 23.2 Å². The number of rotatable bonds is 7. The van der Waals surface area contributed by atoms with Gasteiger partial charge in [-0.2, -0.15) is 0 Å². The number of nitrogens with zero attached hydrogens (tertiary/aromatic N) is 2. The highest BCUT2D eigenvalue weighted by molar-refractivity contribution is 6.30. The summed E-state index contributed by atoms with van der Waals surface area (Å²) in [5.74, 6) is 0.407. The van der Waals surface area contributed by atoms with E-state index in [1.807, 2.05) is 42.5 Å². The first-order valence-corrected chi connectivity index (χ1v) is 9.68. The van der Waals surface area contributed by atoms with E-state index in [2.05, 4.69) is 21.3 Å². The molecule has 3 rings (SSSR count). The van der Waals surface area contributed by atoms with Crippen molar-refractivity contribution in [3.63, 3.8) is 0 Å². The summed E-state index contributed by atoms with van der Waals surface area (Å²) >= 11 is 6.21. The number of guanidine groups is 1. The SMILES string of the molecule is COCc1ccccc1NC(N)=NCC(c1cccc(Cl)c1)N1CCCC1. The molecule has 0 saturated carbocycles. The minimum atomic E-state index is 0.181. The molecule has 0 radical (unpaired) electrons. The van der Waals surface area contributed by atoms with Crippen LogP contribution in [-0.4, -0.2) is 37.6 Å². The molecule has 1 saturated heterocycles. The van der Waals surface area contributed by atoms with E-state index >= 15 is 0 Å². The van der Waals surface area contributed by atoms with Crippen molar-refractivity contribution in [3.8, 4) is 0 Å². The highest BCUT2D eigenvalue weighted by atomic mass is 35.5. The maximum absolute atomic E-state index is 6.21. The van der Waals surface area contributed by atoms with Gasteiger partial charge in [0.25, 0.3) is 0 Å². The van der Waals surface area contributed by atoms with Gasteiger partial charge < -0.3 is 15.8 Å². The van der Waals surface area contributed by atoms with Crippen molar-refractivity contribution in [2.45, 2.75) is 25.5 Å². The van der Waals surface area contributed by atoms with E-state index in [0.29, 0.717) is 19.1 Å². The lowest BCUT2D eigenvalue weighted by molar-refractivity contribution is 0.185. The van der Waals surface area contributed by atoms with E-state index in [1.165, 1.54) is 18.4 Å². The summed E-state index contributed by atoms with van der Waals surface area (Å²) in [6.07, 6.45) is 2.44. The first-order chi connectivity index (χ1) is 13.2. The van der Waals surface area contributed by atoms with E-state index < -0.39 is 0 Å². The molecule has 27 heavy (non-hydrogen) atoms. The molecule has 1 aliphatic rings. The highest BCUT2D eigenvalue weighted by Crippen LogP contribution is 2.27. The Morgan fingerprint density at radius 1 is 1.22 bits per heavy atom. The summed E-state index contributed by atoms with van der Waals surface area (Å²) < 4.78 is 5.24. The summed E-state index contributed by atoms with van der Waals surface area (Å²) in [7, 11) is 1.68. The minimum absolute atomic E-state index is 0.181. The number of hydrogen-bond acceptors (Lipinski definition) is 3. The molecule has 6 heteroatoms. The summed E-state index contributed by atoms with van der Waals surface area (Å²) in [6.45, 7) is 3.27. The molecule has 0 bridgehead atoms. The molecule has 3 N–H and O–H groups in total. The van der Waals surface area contributed by atoms with Crippen LogP contribution in [0.25, 0.3) is 0 Å². The zero-order valence-corrected chi connectivity index (χ0v) is 16.5. The smallest absolute Gasteiger partial charge is 0.193 e. The topological polar surface area (TPSA) is 62.9 Å². The predicted molar refractivity (Wildman–Crippen MR) is 112 cm³/mol. The molecule has 0 amide bonds. The number of hydrogen-bond donors (Lipinski definition) is 2. The Hall–Kier alpha value is -2.08. The average Bonchev–Trinajstić information content (AvgIpc) is 3.18. The number of anilines is 1. The van der Waals surface area contributed by atoms with Gasteiger partial charge in [0.1, 0.15) is 0 Å². The van der Waals surface area contributed by atoms with Crippen LogP contribution in [0.3, 0.4) is 0 Å². The van der Waals surface area contributed by atoms with Gasteiger partial charge in [-0.15, -0.1) is 0 Å². The second kappa shape index (κ2) is 9.74. The molecule has 0 aromatic heterocycles. The first kappa shape index (κ1) is 19.7. The second-order valence-corrected chi connectivity index (χ2v) is 7.19. The van der Waals surface area contributed by atoms with Crippen molar-refractivity contribution in [1.82, 2.24) is 4.90 Å². The van der Waals surface area contributed by atoms with Crippen molar-refractivity contribution < 1.29 is 4.74 Å². The van der Waals surface area contributed by atoms with Crippen LogP contribution in [-0.2, 0) is 11.3 Å². The molecule has 1 heterocycles. The Balaban J connectivity index is 1.74. The van der Waals surface area contributed by atoms with Crippen LogP contribution in [0, 0.1) is 0 Å². The number of ether oxygens (including phenoxy) is 1. The van der Waals surface area contributed by atoms with Crippen LogP contribution in [0.5, 0.6) is 0 Å². The van der Waals surface area contributed by atoms with Gasteiger partial charge >= 0.3 is 0 Å². The van der Waals surface area contributed by atoms with Gasteiger partial charge in [0.2, 0.25) is 0 Å². The summed E-state index contributed by atoms with van der Waals surface area (Å²) in [6, 6.07) is 16.2. The molecular weight excluding hydrogens is 360 g/mol. The third kappa shape index (κ3) is 5.45. The van der Waals surface area contributed by atoms with E-state index in [-0.39, 0.29) is 6.04 Å². The first-order valence-electron chi connectivity index (χ1n) is 9.30.